The number of nitrogens with zero attached hydrogens (tertiary/aromatic N) is 1. The maximum atomic E-state index is 12.7. The number of hydrogen-bond donors (Lipinski definition) is 0. The van der Waals surface area contributed by atoms with Crippen LogP contribution in [-0.4, -0.2) is 11.9 Å². The van der Waals surface area contributed by atoms with E-state index in [9.17, 15) is 13.2 Å². The molecule has 2 aliphatic rings. The Morgan fingerprint density at radius 1 is 1.25 bits per heavy atom. The van der Waals surface area contributed by atoms with Gasteiger partial charge in [0.2, 0.25) is 0 Å². The van der Waals surface area contributed by atoms with Gasteiger partial charge in [0.15, 0.2) is 0 Å². The number of halogens is 3. The average molecular weight is 225 g/mol. The van der Waals surface area contributed by atoms with Crippen molar-refractivity contribution < 1.29 is 13.2 Å². The van der Waals surface area contributed by atoms with Gasteiger partial charge in [0.1, 0.15) is 0 Å². The summed E-state index contributed by atoms with van der Waals surface area (Å²) in [6.07, 6.45) is 3.54. The molecule has 4 heteroatoms. The van der Waals surface area contributed by atoms with Crippen LogP contribution in [0.3, 0.4) is 0 Å². The minimum absolute atomic E-state index is 0.0821. The van der Waals surface area contributed by atoms with Crippen LogP contribution in [0.2, 0.25) is 0 Å². The van der Waals surface area contributed by atoms with Crippen LogP contribution in [-0.2, 0) is 0 Å². The van der Waals surface area contributed by atoms with Gasteiger partial charge >= 0.3 is 6.18 Å². The Hall–Kier alpha value is -1.58. The Bertz CT molecular complexity index is 459. The van der Waals surface area contributed by atoms with Gasteiger partial charge < -0.3 is 0 Å². The van der Waals surface area contributed by atoms with Crippen LogP contribution in [0.15, 0.2) is 52.2 Å². The molecule has 0 aromatic heterocycles. The van der Waals surface area contributed by atoms with Crippen molar-refractivity contribution in [2.24, 2.45) is 4.99 Å². The van der Waals surface area contributed by atoms with Gasteiger partial charge in [-0.1, -0.05) is 18.2 Å². The molecule has 0 amide bonds. The molecule has 0 aromatic rings. The lowest BCUT2D eigenvalue weighted by molar-refractivity contribution is -0.0933. The zero-order valence-corrected chi connectivity index (χ0v) is 8.67. The van der Waals surface area contributed by atoms with Gasteiger partial charge in [-0.15, -0.1) is 0 Å². The molecule has 0 bridgehead atoms. The number of rotatable bonds is 0. The third-order valence-electron chi connectivity index (χ3n) is 2.44. The third-order valence-corrected chi connectivity index (χ3v) is 2.44. The molecule has 0 saturated carbocycles. The van der Waals surface area contributed by atoms with Crippen molar-refractivity contribution in [2.45, 2.75) is 19.5 Å². The summed E-state index contributed by atoms with van der Waals surface area (Å²) < 4.78 is 38.2. The van der Waals surface area contributed by atoms with Gasteiger partial charge in [-0.25, -0.2) is 0 Å². The van der Waals surface area contributed by atoms with Crippen LogP contribution >= 0.6 is 0 Å². The Kier molecular flexibility index (Phi) is 2.58. The summed E-state index contributed by atoms with van der Waals surface area (Å²) in [5.41, 5.74) is 0.756. The highest BCUT2D eigenvalue weighted by Gasteiger charge is 2.36. The number of alkyl halides is 3. The maximum absolute atomic E-state index is 12.7. The summed E-state index contributed by atoms with van der Waals surface area (Å²) in [4.78, 5) is 4.13. The number of fused-ring (bicyclic) bond motifs is 1. The molecule has 0 fully saturated rings. The molecule has 0 radical (unpaired) electrons. The molecule has 0 saturated heterocycles. The largest absolute Gasteiger partial charge is 0.413 e. The van der Waals surface area contributed by atoms with Crippen molar-refractivity contribution in [1.82, 2.24) is 0 Å². The highest BCUT2D eigenvalue weighted by Crippen LogP contribution is 2.35. The second-order valence-electron chi connectivity index (χ2n) is 3.66. The lowest BCUT2D eigenvalue weighted by Gasteiger charge is -2.17. The zero-order chi connectivity index (χ0) is 11.8. The van der Waals surface area contributed by atoms with E-state index in [0.717, 1.165) is 0 Å². The van der Waals surface area contributed by atoms with Crippen LogP contribution in [0.5, 0.6) is 0 Å². The standard InChI is InChI=1S/C12H10F3N/c1-8-4-2-5-9-10(12(13,14)15)6-3-7-11(9)16-8/h2-5,7H,6H2,1H3. The highest BCUT2D eigenvalue weighted by molar-refractivity contribution is 6.12. The van der Waals surface area contributed by atoms with Crippen molar-refractivity contribution in [2.75, 3.05) is 0 Å². The third kappa shape index (κ3) is 2.01. The van der Waals surface area contributed by atoms with Gasteiger partial charge in [0.25, 0.3) is 0 Å². The Labute approximate surface area is 91.4 Å². The molecule has 2 rings (SSSR count). The molecule has 0 N–H and O–H groups in total. The number of allylic oxidation sites excluding steroid dienone is 8. The summed E-state index contributed by atoms with van der Waals surface area (Å²) >= 11 is 0. The summed E-state index contributed by atoms with van der Waals surface area (Å²) in [7, 11) is 0. The minimum atomic E-state index is -4.29. The molecule has 84 valence electrons. The highest BCUT2D eigenvalue weighted by atomic mass is 19.4. The molecule has 1 nitrogen and oxygen atoms in total. The van der Waals surface area contributed by atoms with E-state index in [1.165, 1.54) is 12.2 Å². The Morgan fingerprint density at radius 3 is 2.69 bits per heavy atom. The molecule has 1 aliphatic heterocycles. The van der Waals surface area contributed by atoms with Crippen molar-refractivity contribution in [3.05, 3.63) is 47.2 Å². The Morgan fingerprint density at radius 2 is 2.00 bits per heavy atom. The van der Waals surface area contributed by atoms with E-state index in [1.807, 2.05) is 0 Å². The Balaban J connectivity index is 2.56. The fourth-order valence-electron chi connectivity index (χ4n) is 1.71. The van der Waals surface area contributed by atoms with Gasteiger partial charge in [-0.2, -0.15) is 13.2 Å². The first-order chi connectivity index (χ1) is 7.48. The average Bonchev–Trinajstić information content (AvgIpc) is 2.35. The molecule has 1 heterocycles. The summed E-state index contributed by atoms with van der Waals surface area (Å²) in [5, 5.41) is 0. The first kappa shape index (κ1) is 10.9. The first-order valence-electron chi connectivity index (χ1n) is 4.89. The normalized spacial score (nSPS) is 20.2. The fraction of sp³-hybridized carbons (Fsp3) is 0.250. The molecule has 1 aliphatic carbocycles. The summed E-state index contributed by atoms with van der Waals surface area (Å²) in [6.45, 7) is 1.76. The van der Waals surface area contributed by atoms with E-state index in [0.29, 0.717) is 11.4 Å². The van der Waals surface area contributed by atoms with Crippen molar-refractivity contribution in [1.29, 1.82) is 0 Å². The maximum Gasteiger partial charge on any atom is 0.413 e. The number of aliphatic imine (C=N–C) groups is 1. The minimum Gasteiger partial charge on any atom is -0.253 e. The molecular formula is C12H10F3N. The van der Waals surface area contributed by atoms with Gasteiger partial charge in [0, 0.05) is 16.8 Å². The molecule has 0 aromatic carbocycles. The fourth-order valence-corrected chi connectivity index (χ4v) is 1.71. The van der Waals surface area contributed by atoms with Gasteiger partial charge in [-0.3, -0.25) is 4.99 Å². The van der Waals surface area contributed by atoms with E-state index < -0.39 is 11.7 Å². The van der Waals surface area contributed by atoms with Crippen LogP contribution in [0, 0.1) is 0 Å². The zero-order valence-electron chi connectivity index (χ0n) is 8.67. The van der Waals surface area contributed by atoms with E-state index in [1.54, 1.807) is 25.2 Å². The number of hydrogen-bond acceptors (Lipinski definition) is 1. The smallest absolute Gasteiger partial charge is 0.253 e. The van der Waals surface area contributed by atoms with Gasteiger partial charge in [-0.05, 0) is 25.5 Å². The molecule has 0 atom stereocenters. The van der Waals surface area contributed by atoms with Gasteiger partial charge in [0.05, 0.1) is 5.71 Å². The quantitative estimate of drug-likeness (QED) is 0.595. The van der Waals surface area contributed by atoms with Crippen LogP contribution < -0.4 is 0 Å². The van der Waals surface area contributed by atoms with E-state index in [2.05, 4.69) is 4.99 Å². The van der Waals surface area contributed by atoms with Crippen molar-refractivity contribution in [3.63, 3.8) is 0 Å². The molecular weight excluding hydrogens is 215 g/mol. The topological polar surface area (TPSA) is 12.4 Å². The first-order valence-corrected chi connectivity index (χ1v) is 4.89. The SMILES string of the molecule is CC1=CC=CC2=C(C(F)(F)F)CC=CC2=N1. The second-order valence-corrected chi connectivity index (χ2v) is 3.66. The molecule has 0 spiro atoms. The lowest BCUT2D eigenvalue weighted by Crippen LogP contribution is -2.18. The van der Waals surface area contributed by atoms with E-state index in [4.69, 9.17) is 0 Å². The van der Waals surface area contributed by atoms with Crippen molar-refractivity contribution >= 4 is 5.71 Å². The van der Waals surface area contributed by atoms with Crippen LogP contribution in [0.1, 0.15) is 13.3 Å². The second kappa shape index (κ2) is 3.77. The lowest BCUT2D eigenvalue weighted by atomic mass is 9.94. The van der Waals surface area contributed by atoms with Crippen LogP contribution in [0.4, 0.5) is 13.2 Å². The van der Waals surface area contributed by atoms with Crippen molar-refractivity contribution in [3.8, 4) is 0 Å². The predicted octanol–water partition coefficient (Wildman–Crippen LogP) is 3.72. The van der Waals surface area contributed by atoms with Crippen LogP contribution in [0.25, 0.3) is 0 Å². The van der Waals surface area contributed by atoms with E-state index in [-0.39, 0.29) is 12.0 Å². The predicted molar refractivity (Wildman–Crippen MR) is 57.2 cm³/mol. The molecule has 16 heavy (non-hydrogen) atoms. The summed E-state index contributed by atoms with van der Waals surface area (Å²) in [5.74, 6) is 0. The van der Waals surface area contributed by atoms with E-state index >= 15 is 0 Å². The summed E-state index contributed by atoms with van der Waals surface area (Å²) in [6, 6.07) is 0. The molecule has 0 unspecified atom stereocenters. The monoisotopic (exact) mass is 225 g/mol.